The van der Waals surface area contributed by atoms with Gasteiger partial charge in [0.2, 0.25) is 0 Å². The van der Waals surface area contributed by atoms with Gasteiger partial charge in [0.25, 0.3) is 10.0 Å². The quantitative estimate of drug-likeness (QED) is 0.852. The Morgan fingerprint density at radius 3 is 2.38 bits per heavy atom. The normalized spacial score (nSPS) is 11.4. The third-order valence-electron chi connectivity index (χ3n) is 3.40. The second-order valence-corrected chi connectivity index (χ2v) is 6.79. The number of anilines is 2. The molecule has 0 saturated heterocycles. The zero-order chi connectivity index (χ0) is 15.6. The van der Waals surface area contributed by atoms with Crippen molar-refractivity contribution in [1.29, 1.82) is 0 Å². The largest absolute Gasteiger partial charge is 0.398 e. The molecule has 0 atom stereocenters. The molecule has 0 saturated carbocycles. The third kappa shape index (κ3) is 3.36. The Morgan fingerprint density at radius 1 is 1.10 bits per heavy atom. The van der Waals surface area contributed by atoms with Crippen LogP contribution in [0.15, 0.2) is 41.3 Å². The lowest BCUT2D eigenvalue weighted by Gasteiger charge is -2.12. The number of nitrogens with two attached hydrogens (primary N) is 1. The van der Waals surface area contributed by atoms with Crippen LogP contribution in [-0.4, -0.2) is 8.42 Å². The number of benzene rings is 2. The van der Waals surface area contributed by atoms with Crippen LogP contribution in [0.2, 0.25) is 0 Å². The second kappa shape index (κ2) is 5.77. The lowest BCUT2D eigenvalue weighted by Crippen LogP contribution is -2.14. The maximum atomic E-state index is 12.4. The fraction of sp³-hybridized carbons (Fsp3) is 0.250. The molecule has 2 aromatic rings. The highest BCUT2D eigenvalue weighted by Crippen LogP contribution is 2.23. The Kier molecular flexibility index (Phi) is 4.23. The third-order valence-corrected chi connectivity index (χ3v) is 4.94. The maximum absolute atomic E-state index is 12.4. The molecule has 0 aliphatic heterocycles. The van der Waals surface area contributed by atoms with Gasteiger partial charge >= 0.3 is 0 Å². The first-order chi connectivity index (χ1) is 9.83. The summed E-state index contributed by atoms with van der Waals surface area (Å²) in [5.74, 6) is 0. The molecule has 2 rings (SSSR count). The number of hydrogen-bond donors (Lipinski definition) is 2. The van der Waals surface area contributed by atoms with E-state index in [1.165, 1.54) is 0 Å². The molecule has 0 aromatic heterocycles. The molecule has 0 amide bonds. The summed E-state index contributed by atoms with van der Waals surface area (Å²) in [6, 6.07) is 10.5. The molecular formula is C16H20N2O2S. The van der Waals surface area contributed by atoms with Gasteiger partial charge < -0.3 is 5.73 Å². The first-order valence-electron chi connectivity index (χ1n) is 6.82. The van der Waals surface area contributed by atoms with E-state index in [0.29, 0.717) is 11.4 Å². The van der Waals surface area contributed by atoms with Crippen LogP contribution in [0.4, 0.5) is 11.4 Å². The number of aryl methyl sites for hydroxylation is 3. The van der Waals surface area contributed by atoms with E-state index in [0.717, 1.165) is 23.1 Å². The number of nitrogens with one attached hydrogen (secondary N) is 1. The number of nitrogen functional groups attached to an aromatic ring is 1. The van der Waals surface area contributed by atoms with Crippen LogP contribution in [0.1, 0.15) is 23.6 Å². The van der Waals surface area contributed by atoms with Gasteiger partial charge in [-0.1, -0.05) is 30.7 Å². The molecule has 5 heteroatoms. The van der Waals surface area contributed by atoms with E-state index >= 15 is 0 Å². The van der Waals surface area contributed by atoms with Crippen molar-refractivity contribution >= 4 is 21.4 Å². The van der Waals surface area contributed by atoms with Gasteiger partial charge in [-0.25, -0.2) is 8.42 Å². The molecular weight excluding hydrogens is 284 g/mol. The molecule has 0 heterocycles. The van der Waals surface area contributed by atoms with Crippen molar-refractivity contribution in [3.05, 3.63) is 53.1 Å². The standard InChI is InChI=1S/C16H20N2O2S/c1-4-13-6-7-14(10-15(13)17)18-21(19,20)16-8-5-11(2)9-12(16)3/h5-10,18H,4,17H2,1-3H3. The van der Waals surface area contributed by atoms with Crippen molar-refractivity contribution < 1.29 is 8.42 Å². The Morgan fingerprint density at radius 2 is 1.81 bits per heavy atom. The molecule has 0 spiro atoms. The summed E-state index contributed by atoms with van der Waals surface area (Å²) in [6.07, 6.45) is 0.815. The van der Waals surface area contributed by atoms with Gasteiger partial charge in [-0.05, 0) is 49.6 Å². The van der Waals surface area contributed by atoms with Crippen molar-refractivity contribution in [3.63, 3.8) is 0 Å². The van der Waals surface area contributed by atoms with E-state index in [4.69, 9.17) is 5.73 Å². The van der Waals surface area contributed by atoms with Crippen LogP contribution in [0.25, 0.3) is 0 Å². The van der Waals surface area contributed by atoms with E-state index in [1.807, 2.05) is 26.0 Å². The topological polar surface area (TPSA) is 72.2 Å². The van der Waals surface area contributed by atoms with Crippen LogP contribution in [0, 0.1) is 13.8 Å². The van der Waals surface area contributed by atoms with E-state index in [-0.39, 0.29) is 4.90 Å². The van der Waals surface area contributed by atoms with E-state index in [2.05, 4.69) is 4.72 Å². The molecule has 0 unspecified atom stereocenters. The molecule has 4 nitrogen and oxygen atoms in total. The smallest absolute Gasteiger partial charge is 0.262 e. The van der Waals surface area contributed by atoms with Crippen molar-refractivity contribution in [2.45, 2.75) is 32.1 Å². The predicted molar refractivity (Wildman–Crippen MR) is 87.0 cm³/mol. The van der Waals surface area contributed by atoms with Crippen LogP contribution in [0.3, 0.4) is 0 Å². The number of rotatable bonds is 4. The van der Waals surface area contributed by atoms with Gasteiger partial charge in [-0.2, -0.15) is 0 Å². The van der Waals surface area contributed by atoms with E-state index in [1.54, 1.807) is 31.2 Å². The second-order valence-electron chi connectivity index (χ2n) is 5.14. The van der Waals surface area contributed by atoms with Gasteiger partial charge in [0.05, 0.1) is 10.6 Å². The summed E-state index contributed by atoms with van der Waals surface area (Å²) in [7, 11) is -3.60. The Hall–Kier alpha value is -2.01. The zero-order valence-corrected chi connectivity index (χ0v) is 13.3. The van der Waals surface area contributed by atoms with Gasteiger partial charge in [-0.15, -0.1) is 0 Å². The molecule has 0 bridgehead atoms. The highest BCUT2D eigenvalue weighted by Gasteiger charge is 2.17. The molecule has 112 valence electrons. The minimum atomic E-state index is -3.60. The number of sulfonamides is 1. The molecule has 2 aromatic carbocycles. The van der Waals surface area contributed by atoms with Crippen molar-refractivity contribution in [3.8, 4) is 0 Å². The summed E-state index contributed by atoms with van der Waals surface area (Å²) in [6.45, 7) is 5.72. The minimum absolute atomic E-state index is 0.284. The van der Waals surface area contributed by atoms with E-state index < -0.39 is 10.0 Å². The Bertz CT molecular complexity index is 768. The van der Waals surface area contributed by atoms with Gasteiger partial charge in [0, 0.05) is 5.69 Å². The van der Waals surface area contributed by atoms with Gasteiger partial charge in [-0.3, -0.25) is 4.72 Å². The molecule has 0 radical (unpaired) electrons. The summed E-state index contributed by atoms with van der Waals surface area (Å²) in [4.78, 5) is 0.284. The predicted octanol–water partition coefficient (Wildman–Crippen LogP) is 3.25. The van der Waals surface area contributed by atoms with Crippen LogP contribution in [-0.2, 0) is 16.4 Å². The molecule has 0 aliphatic rings. The zero-order valence-electron chi connectivity index (χ0n) is 12.5. The Balaban J connectivity index is 2.35. The first-order valence-corrected chi connectivity index (χ1v) is 8.30. The lowest BCUT2D eigenvalue weighted by molar-refractivity contribution is 0.600. The van der Waals surface area contributed by atoms with Crippen LogP contribution < -0.4 is 10.5 Å². The van der Waals surface area contributed by atoms with Gasteiger partial charge in [0.1, 0.15) is 0 Å². The summed E-state index contributed by atoms with van der Waals surface area (Å²) >= 11 is 0. The summed E-state index contributed by atoms with van der Waals surface area (Å²) < 4.78 is 27.5. The average Bonchev–Trinajstić information content (AvgIpc) is 2.37. The monoisotopic (exact) mass is 304 g/mol. The maximum Gasteiger partial charge on any atom is 0.262 e. The van der Waals surface area contributed by atoms with Crippen LogP contribution >= 0.6 is 0 Å². The number of hydrogen-bond acceptors (Lipinski definition) is 3. The fourth-order valence-electron chi connectivity index (χ4n) is 2.29. The molecule has 3 N–H and O–H groups in total. The van der Waals surface area contributed by atoms with Crippen molar-refractivity contribution in [2.24, 2.45) is 0 Å². The molecule has 0 aliphatic carbocycles. The molecule has 21 heavy (non-hydrogen) atoms. The minimum Gasteiger partial charge on any atom is -0.398 e. The highest BCUT2D eigenvalue weighted by atomic mass is 32.2. The summed E-state index contributed by atoms with van der Waals surface area (Å²) in [5, 5.41) is 0. The molecule has 0 fully saturated rings. The van der Waals surface area contributed by atoms with Gasteiger partial charge in [0.15, 0.2) is 0 Å². The summed E-state index contributed by atoms with van der Waals surface area (Å²) in [5.41, 5.74) is 9.73. The van der Waals surface area contributed by atoms with Crippen LogP contribution in [0.5, 0.6) is 0 Å². The highest BCUT2D eigenvalue weighted by molar-refractivity contribution is 7.92. The van der Waals surface area contributed by atoms with E-state index in [9.17, 15) is 8.42 Å². The SMILES string of the molecule is CCc1ccc(NS(=O)(=O)c2ccc(C)cc2C)cc1N. The Labute approximate surface area is 126 Å². The van der Waals surface area contributed by atoms with Crippen molar-refractivity contribution in [2.75, 3.05) is 10.5 Å². The fourth-order valence-corrected chi connectivity index (χ4v) is 3.57. The lowest BCUT2D eigenvalue weighted by atomic mass is 10.1. The average molecular weight is 304 g/mol. The first kappa shape index (κ1) is 15.4. The van der Waals surface area contributed by atoms with Crippen molar-refractivity contribution in [1.82, 2.24) is 0 Å².